The van der Waals surface area contributed by atoms with Crippen molar-refractivity contribution >= 4 is 39.1 Å². The van der Waals surface area contributed by atoms with Crippen molar-refractivity contribution in [2.45, 2.75) is 13.3 Å². The Bertz CT molecular complexity index is 679. The van der Waals surface area contributed by atoms with Crippen LogP contribution in [0.4, 0.5) is 5.69 Å². The Kier molecular flexibility index (Phi) is 6.74. The molecule has 2 aromatic rings. The maximum Gasteiger partial charge on any atom is 0.262 e. The lowest BCUT2D eigenvalue weighted by molar-refractivity contribution is -0.118. The smallest absolute Gasteiger partial charge is 0.262 e. The summed E-state index contributed by atoms with van der Waals surface area (Å²) in [7, 11) is 0. The zero-order valence-corrected chi connectivity index (χ0v) is 15.0. The van der Waals surface area contributed by atoms with Crippen LogP contribution < -0.4 is 14.8 Å². The Hall–Kier alpha value is -1.72. The normalized spacial score (nSPS) is 10.2. The molecule has 0 bridgehead atoms. The minimum atomic E-state index is -0.250. The number of benzene rings is 2. The molecule has 23 heavy (non-hydrogen) atoms. The number of carbonyl (C=O) groups excluding carboxylic acids is 1. The molecular weight excluding hydrogens is 382 g/mol. The summed E-state index contributed by atoms with van der Waals surface area (Å²) in [6.45, 7) is 2.59. The molecule has 0 heterocycles. The first-order valence-electron chi connectivity index (χ1n) is 7.19. The van der Waals surface area contributed by atoms with Gasteiger partial charge in [-0.15, -0.1) is 0 Å². The molecule has 0 atom stereocenters. The van der Waals surface area contributed by atoms with Crippen LogP contribution in [0.2, 0.25) is 5.02 Å². The lowest BCUT2D eigenvalue weighted by Gasteiger charge is -2.10. The molecule has 0 aliphatic heterocycles. The van der Waals surface area contributed by atoms with Crippen molar-refractivity contribution in [2.75, 3.05) is 18.5 Å². The van der Waals surface area contributed by atoms with Crippen molar-refractivity contribution in [1.82, 2.24) is 0 Å². The van der Waals surface area contributed by atoms with Gasteiger partial charge >= 0.3 is 0 Å². The molecule has 4 nitrogen and oxygen atoms in total. The van der Waals surface area contributed by atoms with Gasteiger partial charge in [-0.1, -0.05) is 24.6 Å². The fourth-order valence-electron chi connectivity index (χ4n) is 1.82. The van der Waals surface area contributed by atoms with Gasteiger partial charge in [-0.05, 0) is 52.7 Å². The van der Waals surface area contributed by atoms with E-state index in [-0.39, 0.29) is 12.5 Å². The highest BCUT2D eigenvalue weighted by Gasteiger charge is 2.07. The predicted molar refractivity (Wildman–Crippen MR) is 95.5 cm³/mol. The maximum absolute atomic E-state index is 12.0. The second-order valence-corrected chi connectivity index (χ2v) is 6.08. The highest BCUT2D eigenvalue weighted by molar-refractivity contribution is 9.10. The number of anilines is 1. The van der Waals surface area contributed by atoms with E-state index < -0.39 is 0 Å². The highest BCUT2D eigenvalue weighted by Crippen LogP contribution is 2.28. The molecule has 0 fully saturated rings. The quantitative estimate of drug-likeness (QED) is 0.721. The van der Waals surface area contributed by atoms with Gasteiger partial charge in [-0.25, -0.2) is 0 Å². The van der Waals surface area contributed by atoms with Gasteiger partial charge in [0.2, 0.25) is 0 Å². The lowest BCUT2D eigenvalue weighted by Crippen LogP contribution is -2.20. The molecular formula is C17H17BrClNO3. The topological polar surface area (TPSA) is 47.6 Å². The van der Waals surface area contributed by atoms with Crippen molar-refractivity contribution in [1.29, 1.82) is 0 Å². The maximum atomic E-state index is 12.0. The molecule has 0 unspecified atom stereocenters. The molecule has 0 radical (unpaired) electrons. The van der Waals surface area contributed by atoms with Crippen LogP contribution in [0.5, 0.6) is 11.5 Å². The van der Waals surface area contributed by atoms with Gasteiger partial charge in [0.1, 0.15) is 11.5 Å². The second kappa shape index (κ2) is 8.79. The van der Waals surface area contributed by atoms with Crippen molar-refractivity contribution in [3.8, 4) is 11.5 Å². The number of carbonyl (C=O) groups is 1. The Morgan fingerprint density at radius 1 is 1.22 bits per heavy atom. The summed E-state index contributed by atoms with van der Waals surface area (Å²) in [6.07, 6.45) is 0.931. The summed E-state index contributed by atoms with van der Waals surface area (Å²) in [4.78, 5) is 12.0. The summed E-state index contributed by atoms with van der Waals surface area (Å²) in [5, 5.41) is 3.37. The van der Waals surface area contributed by atoms with E-state index in [1.807, 2.05) is 19.1 Å². The van der Waals surface area contributed by atoms with Crippen LogP contribution >= 0.6 is 27.5 Å². The van der Waals surface area contributed by atoms with Gasteiger partial charge in [-0.3, -0.25) is 4.79 Å². The van der Waals surface area contributed by atoms with E-state index in [0.29, 0.717) is 27.5 Å². The fourth-order valence-corrected chi connectivity index (χ4v) is 2.61. The van der Waals surface area contributed by atoms with Crippen LogP contribution in [0, 0.1) is 0 Å². The average Bonchev–Trinajstić information content (AvgIpc) is 2.52. The molecule has 1 amide bonds. The van der Waals surface area contributed by atoms with Crippen LogP contribution in [0.25, 0.3) is 0 Å². The first-order chi connectivity index (χ1) is 11.1. The predicted octanol–water partition coefficient (Wildman–Crippen LogP) is 4.91. The minimum absolute atomic E-state index is 0.0969. The van der Waals surface area contributed by atoms with E-state index in [9.17, 15) is 4.79 Å². The molecule has 0 aliphatic rings. The first kappa shape index (κ1) is 17.6. The Morgan fingerprint density at radius 3 is 2.78 bits per heavy atom. The molecule has 0 saturated heterocycles. The SMILES string of the molecule is CCCOc1cccc(NC(=O)COc2ccc(Cl)cc2Br)c1. The van der Waals surface area contributed by atoms with Crippen LogP contribution in [0.15, 0.2) is 46.9 Å². The van der Waals surface area contributed by atoms with Crippen molar-refractivity contribution < 1.29 is 14.3 Å². The molecule has 122 valence electrons. The second-order valence-electron chi connectivity index (χ2n) is 4.79. The van der Waals surface area contributed by atoms with E-state index in [1.54, 1.807) is 30.3 Å². The number of amides is 1. The first-order valence-corrected chi connectivity index (χ1v) is 8.36. The van der Waals surface area contributed by atoms with E-state index in [4.69, 9.17) is 21.1 Å². The van der Waals surface area contributed by atoms with E-state index in [2.05, 4.69) is 21.2 Å². The zero-order valence-electron chi connectivity index (χ0n) is 12.6. The highest BCUT2D eigenvalue weighted by atomic mass is 79.9. The minimum Gasteiger partial charge on any atom is -0.494 e. The van der Waals surface area contributed by atoms with E-state index in [0.717, 1.165) is 12.2 Å². The monoisotopic (exact) mass is 397 g/mol. The van der Waals surface area contributed by atoms with Crippen molar-refractivity contribution in [2.24, 2.45) is 0 Å². The average molecular weight is 399 g/mol. The lowest BCUT2D eigenvalue weighted by atomic mass is 10.3. The number of rotatable bonds is 7. The Balaban J connectivity index is 1.89. The molecule has 0 spiro atoms. The van der Waals surface area contributed by atoms with Crippen molar-refractivity contribution in [3.05, 3.63) is 52.0 Å². The van der Waals surface area contributed by atoms with Crippen LogP contribution in [0.3, 0.4) is 0 Å². The standard InChI is InChI=1S/C17H17BrClNO3/c1-2-8-22-14-5-3-4-13(10-14)20-17(21)11-23-16-7-6-12(19)9-15(16)18/h3-7,9-10H,2,8,11H2,1H3,(H,20,21). The summed E-state index contributed by atoms with van der Waals surface area (Å²) in [5.74, 6) is 1.04. The number of hydrogen-bond acceptors (Lipinski definition) is 3. The zero-order chi connectivity index (χ0) is 16.7. The van der Waals surface area contributed by atoms with Crippen molar-refractivity contribution in [3.63, 3.8) is 0 Å². The summed E-state index contributed by atoms with van der Waals surface area (Å²) >= 11 is 9.20. The third kappa shape index (κ3) is 5.77. The number of hydrogen-bond donors (Lipinski definition) is 1. The van der Waals surface area contributed by atoms with Gasteiger partial charge < -0.3 is 14.8 Å². The summed E-state index contributed by atoms with van der Waals surface area (Å²) < 4.78 is 11.7. The largest absolute Gasteiger partial charge is 0.494 e. The van der Waals surface area contributed by atoms with Crippen LogP contribution in [-0.4, -0.2) is 19.1 Å². The van der Waals surface area contributed by atoms with Gasteiger partial charge in [-0.2, -0.15) is 0 Å². The fraction of sp³-hybridized carbons (Fsp3) is 0.235. The molecule has 2 rings (SSSR count). The summed E-state index contributed by atoms with van der Waals surface area (Å²) in [5.41, 5.74) is 0.669. The van der Waals surface area contributed by atoms with E-state index >= 15 is 0 Å². The van der Waals surface area contributed by atoms with Gasteiger partial charge in [0.05, 0.1) is 11.1 Å². The number of halogens is 2. The Morgan fingerprint density at radius 2 is 2.04 bits per heavy atom. The van der Waals surface area contributed by atoms with E-state index in [1.165, 1.54) is 0 Å². The third-order valence-corrected chi connectivity index (χ3v) is 3.70. The number of nitrogens with one attached hydrogen (secondary N) is 1. The molecule has 6 heteroatoms. The Labute approximate surface area is 148 Å². The van der Waals surface area contributed by atoms with Gasteiger partial charge in [0, 0.05) is 16.8 Å². The molecule has 0 aromatic heterocycles. The third-order valence-electron chi connectivity index (χ3n) is 2.84. The molecule has 1 N–H and O–H groups in total. The number of ether oxygens (including phenoxy) is 2. The van der Waals surface area contributed by atoms with Crippen LogP contribution in [0.1, 0.15) is 13.3 Å². The van der Waals surface area contributed by atoms with Crippen LogP contribution in [-0.2, 0) is 4.79 Å². The molecule has 2 aromatic carbocycles. The van der Waals surface area contributed by atoms with Gasteiger partial charge in [0.25, 0.3) is 5.91 Å². The molecule has 0 aliphatic carbocycles. The molecule has 0 saturated carbocycles. The summed E-state index contributed by atoms with van der Waals surface area (Å²) in [6, 6.07) is 12.4. The van der Waals surface area contributed by atoms with Gasteiger partial charge in [0.15, 0.2) is 6.61 Å².